The molecule has 0 aromatic rings. The highest BCUT2D eigenvalue weighted by atomic mass is 15.4. The first-order chi connectivity index (χ1) is 24.1. The van der Waals surface area contributed by atoms with Crippen LogP contribution in [-0.2, 0) is 0 Å². The van der Waals surface area contributed by atoms with E-state index in [0.717, 1.165) is 32.1 Å². The summed E-state index contributed by atoms with van der Waals surface area (Å²) in [5.41, 5.74) is 6.02. The van der Waals surface area contributed by atoms with E-state index in [1.165, 1.54) is 29.7 Å². The number of likely N-dealkylation sites (N-methyl/N-ethyl adjacent to an activating group) is 1. The molecule has 0 spiro atoms. The number of nitrogens with zero attached hydrogens (tertiary/aromatic N) is 1. The van der Waals surface area contributed by atoms with Crippen LogP contribution in [0.3, 0.4) is 0 Å². The molecule has 2 aliphatic heterocycles. The molecule has 0 saturated carbocycles. The van der Waals surface area contributed by atoms with E-state index in [9.17, 15) is 0 Å². The summed E-state index contributed by atoms with van der Waals surface area (Å²) in [6.45, 7) is 2.48. The van der Waals surface area contributed by atoms with Gasteiger partial charge in [-0.05, 0) is 86.5 Å². The lowest BCUT2D eigenvalue weighted by atomic mass is 9.52. The van der Waals surface area contributed by atoms with E-state index >= 15 is 0 Å². The molecule has 12 atom stereocenters. The zero-order chi connectivity index (χ0) is 33.0. The summed E-state index contributed by atoms with van der Waals surface area (Å²) in [6.07, 6.45) is 56.8. The van der Waals surface area contributed by atoms with Gasteiger partial charge in [-0.2, -0.15) is 0 Å². The molecule has 4 nitrogen and oxygen atoms in total. The van der Waals surface area contributed by atoms with Gasteiger partial charge in [0.15, 0.2) is 0 Å². The molecule has 9 aliphatic rings. The SMILES string of the molecule is CN1C(C2=CCCC=C2)NC(C2=CCC(C3=CC4CCC=CC4N3)C(C3C4C=CC=CC4=CC4(C)C=CC=CC34)C2)NC1C1C=CC=CC1. The van der Waals surface area contributed by atoms with Crippen molar-refractivity contribution in [3.63, 3.8) is 0 Å². The second-order valence-electron chi connectivity index (χ2n) is 16.3. The molecule has 0 aromatic carbocycles. The first-order valence-corrected chi connectivity index (χ1v) is 19.3. The number of allylic oxidation sites excluding steroid dienone is 18. The van der Waals surface area contributed by atoms with Crippen LogP contribution in [0, 0.1) is 46.8 Å². The fourth-order valence-corrected chi connectivity index (χ4v) is 10.9. The quantitative estimate of drug-likeness (QED) is 0.262. The van der Waals surface area contributed by atoms with Crippen LogP contribution in [0.1, 0.15) is 51.9 Å². The molecular formula is C45H54N4. The van der Waals surface area contributed by atoms with Gasteiger partial charge in [0.2, 0.25) is 0 Å². The minimum atomic E-state index is 0.0295. The molecule has 3 N–H and O–H groups in total. The van der Waals surface area contributed by atoms with Crippen LogP contribution < -0.4 is 16.0 Å². The molecule has 0 aromatic heterocycles. The second kappa shape index (κ2) is 13.0. The summed E-state index contributed by atoms with van der Waals surface area (Å²) >= 11 is 0. The van der Waals surface area contributed by atoms with Crippen molar-refractivity contribution < 1.29 is 0 Å². The zero-order valence-electron chi connectivity index (χ0n) is 29.3. The smallest absolute Gasteiger partial charge is 0.0882 e. The normalized spacial score (nSPS) is 43.6. The van der Waals surface area contributed by atoms with Crippen molar-refractivity contribution in [3.05, 3.63) is 144 Å². The van der Waals surface area contributed by atoms with Crippen LogP contribution in [0.5, 0.6) is 0 Å². The van der Waals surface area contributed by atoms with Crippen molar-refractivity contribution in [2.75, 3.05) is 7.05 Å². The minimum absolute atomic E-state index is 0.0295. The molecule has 9 rings (SSSR count). The van der Waals surface area contributed by atoms with Gasteiger partial charge in [-0.3, -0.25) is 15.5 Å². The van der Waals surface area contributed by atoms with Gasteiger partial charge in [0.05, 0.1) is 24.5 Å². The molecular weight excluding hydrogens is 597 g/mol. The lowest BCUT2D eigenvalue weighted by Crippen LogP contribution is -2.70. The molecule has 4 heteroatoms. The number of hydrogen-bond donors (Lipinski definition) is 3. The van der Waals surface area contributed by atoms with E-state index in [1.807, 2.05) is 0 Å². The Bertz CT molecular complexity index is 1690. The molecule has 0 bridgehead atoms. The highest BCUT2D eigenvalue weighted by molar-refractivity contribution is 5.43. The highest BCUT2D eigenvalue weighted by Crippen LogP contribution is 2.57. The van der Waals surface area contributed by atoms with Gasteiger partial charge >= 0.3 is 0 Å². The molecule has 49 heavy (non-hydrogen) atoms. The van der Waals surface area contributed by atoms with Gasteiger partial charge in [0.25, 0.3) is 0 Å². The van der Waals surface area contributed by atoms with Crippen molar-refractivity contribution in [1.82, 2.24) is 20.9 Å². The predicted octanol–water partition coefficient (Wildman–Crippen LogP) is 8.32. The largest absolute Gasteiger partial charge is 0.382 e. The Morgan fingerprint density at radius 1 is 0.796 bits per heavy atom. The van der Waals surface area contributed by atoms with Crippen LogP contribution in [0.2, 0.25) is 0 Å². The molecule has 0 amide bonds. The van der Waals surface area contributed by atoms with Crippen LogP contribution in [-0.4, -0.2) is 36.5 Å². The van der Waals surface area contributed by atoms with Gasteiger partial charge in [0, 0.05) is 34.8 Å². The maximum Gasteiger partial charge on any atom is 0.0882 e. The van der Waals surface area contributed by atoms with Gasteiger partial charge in [-0.1, -0.05) is 128 Å². The number of hydrogen-bond acceptors (Lipinski definition) is 4. The molecule has 1 saturated heterocycles. The molecule has 12 unspecified atom stereocenters. The average molecular weight is 651 g/mol. The van der Waals surface area contributed by atoms with Crippen molar-refractivity contribution in [2.24, 2.45) is 46.8 Å². The average Bonchev–Trinajstić information content (AvgIpc) is 3.58. The van der Waals surface area contributed by atoms with E-state index in [0.29, 0.717) is 47.5 Å². The van der Waals surface area contributed by atoms with Gasteiger partial charge in [-0.15, -0.1) is 0 Å². The zero-order valence-corrected chi connectivity index (χ0v) is 29.3. The Hall–Kier alpha value is -3.44. The molecule has 7 aliphatic carbocycles. The molecule has 1 fully saturated rings. The van der Waals surface area contributed by atoms with Crippen molar-refractivity contribution >= 4 is 0 Å². The first-order valence-electron chi connectivity index (χ1n) is 19.3. The maximum absolute atomic E-state index is 4.19. The summed E-state index contributed by atoms with van der Waals surface area (Å²) in [6, 6.07) is 0.463. The second-order valence-corrected chi connectivity index (χ2v) is 16.3. The summed E-state index contributed by atoms with van der Waals surface area (Å²) in [7, 11) is 2.31. The third kappa shape index (κ3) is 5.74. The number of nitrogens with one attached hydrogen (secondary N) is 3. The van der Waals surface area contributed by atoms with Crippen LogP contribution in [0.15, 0.2) is 144 Å². The fraction of sp³-hybridized carbons (Fsp3) is 0.467. The van der Waals surface area contributed by atoms with Crippen LogP contribution >= 0.6 is 0 Å². The Balaban J connectivity index is 1.09. The Morgan fingerprint density at radius 2 is 1.71 bits per heavy atom. The van der Waals surface area contributed by atoms with Crippen molar-refractivity contribution in [3.8, 4) is 0 Å². The van der Waals surface area contributed by atoms with E-state index in [1.54, 1.807) is 5.57 Å². The standard InChI is InChI=1S/C45H54N4/c1-45-26-14-13-22-38(45)41(35-21-11-9-20-34(35)29-45)37-27-33(24-25-36(37)40-28-32-19-10-12-23-39(32)46-40)42-47-43(30-15-5-3-6-16-30)49(2)44(48-42)31-17-7-4-8-18-31/h3,5-7,9,11-15,17-18,20-24,26,28-30,32,35-39,41-44,46-48H,4,8,10,16,19,25,27H2,1-2H3. The Kier molecular flexibility index (Phi) is 8.38. The third-order valence-electron chi connectivity index (χ3n) is 13.4. The van der Waals surface area contributed by atoms with Gasteiger partial charge in [-0.25, -0.2) is 0 Å². The summed E-state index contributed by atoms with van der Waals surface area (Å²) in [5, 5.41) is 12.4. The summed E-state index contributed by atoms with van der Waals surface area (Å²) in [5.74, 6) is 3.48. The fourth-order valence-electron chi connectivity index (χ4n) is 10.9. The lowest BCUT2D eigenvalue weighted by molar-refractivity contribution is 0.0432. The van der Waals surface area contributed by atoms with Crippen LogP contribution in [0.25, 0.3) is 0 Å². The predicted molar refractivity (Wildman–Crippen MR) is 203 cm³/mol. The van der Waals surface area contributed by atoms with E-state index in [2.05, 4.69) is 156 Å². The van der Waals surface area contributed by atoms with E-state index < -0.39 is 0 Å². The monoisotopic (exact) mass is 650 g/mol. The lowest BCUT2D eigenvalue weighted by Gasteiger charge is -2.53. The number of rotatable bonds is 5. The minimum Gasteiger partial charge on any atom is -0.382 e. The van der Waals surface area contributed by atoms with Crippen molar-refractivity contribution in [2.45, 2.75) is 76.4 Å². The van der Waals surface area contributed by atoms with E-state index in [4.69, 9.17) is 0 Å². The van der Waals surface area contributed by atoms with Crippen molar-refractivity contribution in [1.29, 1.82) is 0 Å². The number of fused-ring (bicyclic) bond motifs is 3. The topological polar surface area (TPSA) is 39.3 Å². The summed E-state index contributed by atoms with van der Waals surface area (Å²) in [4.78, 5) is 2.56. The first kappa shape index (κ1) is 31.5. The van der Waals surface area contributed by atoms with Gasteiger partial charge < -0.3 is 5.32 Å². The summed E-state index contributed by atoms with van der Waals surface area (Å²) < 4.78 is 0. The van der Waals surface area contributed by atoms with Crippen LogP contribution in [0.4, 0.5) is 0 Å². The molecule has 2 heterocycles. The molecule has 254 valence electrons. The van der Waals surface area contributed by atoms with E-state index in [-0.39, 0.29) is 23.9 Å². The maximum atomic E-state index is 4.19. The third-order valence-corrected chi connectivity index (χ3v) is 13.4. The Morgan fingerprint density at radius 3 is 2.57 bits per heavy atom. The Labute approximate surface area is 294 Å². The highest BCUT2D eigenvalue weighted by Gasteiger charge is 2.51. The van der Waals surface area contributed by atoms with Gasteiger partial charge in [0.1, 0.15) is 0 Å². The molecule has 0 radical (unpaired) electrons.